The summed E-state index contributed by atoms with van der Waals surface area (Å²) in [5.74, 6) is 0. The van der Waals surface area contributed by atoms with Gasteiger partial charge in [-0.25, -0.2) is 0 Å². The molecule has 0 amide bonds. The van der Waals surface area contributed by atoms with Gasteiger partial charge in [0.2, 0.25) is 0 Å². The van der Waals surface area contributed by atoms with Crippen LogP contribution in [0.15, 0.2) is 243 Å². The molecule has 0 unspecified atom stereocenters. The molecule has 2 heterocycles. The molecule has 0 aliphatic heterocycles. The molecular weight excluding hydrogens is 829 g/mol. The van der Waals surface area contributed by atoms with Crippen molar-refractivity contribution in [3.8, 4) is 50.2 Å². The molecule has 0 N–H and O–H groups in total. The highest BCUT2D eigenvalue weighted by atomic mass is 32.1. The fraction of sp³-hybridized carbons (Fsp3) is 0. The highest BCUT2D eigenvalue weighted by molar-refractivity contribution is 7.25. The lowest BCUT2D eigenvalue weighted by molar-refractivity contribution is 1.18. The molecule has 13 aromatic rings. The highest BCUT2D eigenvalue weighted by Gasteiger charge is 2.20. The summed E-state index contributed by atoms with van der Waals surface area (Å²) >= 11 is 1.78. The maximum Gasteiger partial charge on any atom is 0.0857 e. The molecule has 0 spiro atoms. The summed E-state index contributed by atoms with van der Waals surface area (Å²) in [6.45, 7) is 0. The molecule has 0 aliphatic rings. The largest absolute Gasteiger partial charge is 0.310 e. The van der Waals surface area contributed by atoms with Crippen LogP contribution < -0.4 is 4.90 Å². The van der Waals surface area contributed by atoms with E-state index in [9.17, 15) is 0 Å². The van der Waals surface area contributed by atoms with E-state index in [0.717, 1.165) is 49.7 Å². The van der Waals surface area contributed by atoms with Gasteiger partial charge in [0, 0.05) is 48.9 Å². The van der Waals surface area contributed by atoms with Crippen LogP contribution >= 0.6 is 11.3 Å². The molecule has 0 saturated carbocycles. The van der Waals surface area contributed by atoms with Gasteiger partial charge in [-0.05, 0) is 135 Å². The quantitative estimate of drug-likeness (QED) is 0.148. The zero-order valence-electron chi connectivity index (χ0n) is 36.4. The number of hydrogen-bond donors (Lipinski definition) is 0. The zero-order valence-corrected chi connectivity index (χ0v) is 37.2. The van der Waals surface area contributed by atoms with E-state index in [2.05, 4.69) is 258 Å². The molecule has 11 aromatic carbocycles. The SMILES string of the molecule is c1ccc2c(c#1)sc1cc(-c3ccc(N(c4ccc(-c5ccc6ccccc6c5)cc4)c4ccc(-c5cccc(-n6c7ccccc7c7ccccc76)c5)cc4-c4ccccc4)cc3)ccc12. The third-order valence-corrected chi connectivity index (χ3v) is 14.3. The second-order valence-electron chi connectivity index (χ2n) is 17.2. The van der Waals surface area contributed by atoms with Crippen molar-refractivity contribution in [1.29, 1.82) is 0 Å². The summed E-state index contributed by atoms with van der Waals surface area (Å²) in [6, 6.07) is 94.9. The molecule has 0 atom stereocenters. The van der Waals surface area contributed by atoms with Crippen LogP contribution in [0, 0.1) is 12.1 Å². The average molecular weight is 869 g/mol. The molecule has 67 heavy (non-hydrogen) atoms. The molecular formula is C64H40N2S. The number of nitrogens with zero attached hydrogens (tertiary/aromatic N) is 2. The van der Waals surface area contributed by atoms with Crippen LogP contribution in [0.2, 0.25) is 0 Å². The first kappa shape index (κ1) is 38.8. The molecule has 0 saturated heterocycles. The summed E-state index contributed by atoms with van der Waals surface area (Å²) in [6.07, 6.45) is 0. The van der Waals surface area contributed by atoms with Crippen LogP contribution in [-0.2, 0) is 0 Å². The Morgan fingerprint density at radius 3 is 1.70 bits per heavy atom. The van der Waals surface area contributed by atoms with Crippen LogP contribution in [-0.4, -0.2) is 4.57 Å². The topological polar surface area (TPSA) is 8.17 Å². The van der Waals surface area contributed by atoms with Crippen LogP contribution in [0.4, 0.5) is 17.1 Å². The van der Waals surface area contributed by atoms with Crippen molar-refractivity contribution in [1.82, 2.24) is 4.57 Å². The van der Waals surface area contributed by atoms with Gasteiger partial charge >= 0.3 is 0 Å². The van der Waals surface area contributed by atoms with Gasteiger partial charge in [-0.15, -0.1) is 11.3 Å². The second kappa shape index (κ2) is 16.1. The number of thiophene rings is 1. The first-order valence-electron chi connectivity index (χ1n) is 22.7. The van der Waals surface area contributed by atoms with E-state index in [4.69, 9.17) is 0 Å². The third-order valence-electron chi connectivity index (χ3n) is 13.3. The second-order valence-corrected chi connectivity index (χ2v) is 18.2. The smallest absolute Gasteiger partial charge is 0.0857 e. The minimum Gasteiger partial charge on any atom is -0.310 e. The van der Waals surface area contributed by atoms with Crippen molar-refractivity contribution in [2.24, 2.45) is 0 Å². The normalized spacial score (nSPS) is 11.5. The molecule has 312 valence electrons. The standard InChI is InChI=1S/C64H40N2S/c1-2-14-46(15-3-1)59-41-50(48-17-12-18-54(40-48)66-60-22-9-6-19-55(60)56-20-7-10-23-61(56)66)32-38-62(59)65(52-33-27-44(28-34-52)49-26-25-43-13-4-5-16-47(43)39-49)53-35-29-45(30-36-53)51-31-37-58-57-21-8-11-24-63(57)67-64(58)42-51/h1-10,12-23,25-42H. The fourth-order valence-electron chi connectivity index (χ4n) is 9.97. The molecule has 0 fully saturated rings. The zero-order chi connectivity index (χ0) is 44.3. The minimum absolute atomic E-state index is 1.08. The molecule has 0 bridgehead atoms. The van der Waals surface area contributed by atoms with Gasteiger partial charge in [-0.3, -0.25) is 0 Å². The fourth-order valence-corrected chi connectivity index (χ4v) is 11.1. The van der Waals surface area contributed by atoms with Crippen molar-refractivity contribution >= 4 is 81.1 Å². The number of benzene rings is 10. The Bertz CT molecular complexity index is 3920. The third kappa shape index (κ3) is 6.82. The molecule has 0 aliphatic carbocycles. The average Bonchev–Trinajstić information content (AvgIpc) is 3.95. The van der Waals surface area contributed by atoms with E-state index in [1.54, 1.807) is 11.3 Å². The summed E-state index contributed by atoms with van der Waals surface area (Å²) in [5, 5.41) is 7.49. The molecule has 2 aromatic heterocycles. The summed E-state index contributed by atoms with van der Waals surface area (Å²) in [5.41, 5.74) is 16.1. The van der Waals surface area contributed by atoms with Gasteiger partial charge in [-0.2, -0.15) is 0 Å². The number of para-hydroxylation sites is 2. The highest BCUT2D eigenvalue weighted by Crippen LogP contribution is 2.45. The summed E-state index contributed by atoms with van der Waals surface area (Å²) in [7, 11) is 0. The van der Waals surface area contributed by atoms with Crippen molar-refractivity contribution in [3.63, 3.8) is 0 Å². The van der Waals surface area contributed by atoms with Crippen LogP contribution in [0.3, 0.4) is 0 Å². The Morgan fingerprint density at radius 2 is 0.955 bits per heavy atom. The van der Waals surface area contributed by atoms with Gasteiger partial charge in [-0.1, -0.05) is 170 Å². The summed E-state index contributed by atoms with van der Waals surface area (Å²) < 4.78 is 4.79. The van der Waals surface area contributed by atoms with Gasteiger partial charge in [0.25, 0.3) is 0 Å². The van der Waals surface area contributed by atoms with E-state index >= 15 is 0 Å². The Morgan fingerprint density at radius 1 is 0.373 bits per heavy atom. The Hall–Kier alpha value is -8.68. The molecule has 13 rings (SSSR count). The van der Waals surface area contributed by atoms with Crippen molar-refractivity contribution < 1.29 is 0 Å². The summed E-state index contributed by atoms with van der Waals surface area (Å²) in [4.78, 5) is 2.41. The number of hydrogen-bond acceptors (Lipinski definition) is 2. The number of fused-ring (bicyclic) bond motifs is 7. The van der Waals surface area contributed by atoms with Crippen molar-refractivity contribution in [2.75, 3.05) is 4.90 Å². The predicted molar refractivity (Wildman–Crippen MR) is 285 cm³/mol. The lowest BCUT2D eigenvalue weighted by atomic mass is 9.95. The van der Waals surface area contributed by atoms with Crippen LogP contribution in [0.25, 0.3) is 103 Å². The van der Waals surface area contributed by atoms with E-state index < -0.39 is 0 Å². The molecule has 2 nitrogen and oxygen atoms in total. The van der Waals surface area contributed by atoms with E-state index in [-0.39, 0.29) is 0 Å². The van der Waals surface area contributed by atoms with E-state index in [1.807, 2.05) is 6.07 Å². The monoisotopic (exact) mass is 868 g/mol. The first-order chi connectivity index (χ1) is 33.2. The van der Waals surface area contributed by atoms with Gasteiger partial charge < -0.3 is 9.47 Å². The first-order valence-corrected chi connectivity index (χ1v) is 23.5. The maximum atomic E-state index is 3.31. The minimum atomic E-state index is 1.08. The Labute approximate surface area is 393 Å². The van der Waals surface area contributed by atoms with E-state index in [1.165, 1.54) is 70.3 Å². The van der Waals surface area contributed by atoms with Gasteiger partial charge in [0.05, 0.1) is 21.4 Å². The van der Waals surface area contributed by atoms with Crippen LogP contribution in [0.5, 0.6) is 0 Å². The maximum absolute atomic E-state index is 3.31. The number of rotatable bonds is 8. The lowest BCUT2D eigenvalue weighted by Crippen LogP contribution is -2.11. The molecule has 3 heteroatoms. The molecule has 0 radical (unpaired) electrons. The van der Waals surface area contributed by atoms with E-state index in [0.29, 0.717) is 0 Å². The van der Waals surface area contributed by atoms with Gasteiger partial charge in [0.15, 0.2) is 0 Å². The Kier molecular flexibility index (Phi) is 9.30. The van der Waals surface area contributed by atoms with Crippen molar-refractivity contribution in [3.05, 3.63) is 255 Å². The predicted octanol–water partition coefficient (Wildman–Crippen LogP) is 18.0. The number of aromatic nitrogens is 1. The lowest BCUT2D eigenvalue weighted by Gasteiger charge is -2.29. The van der Waals surface area contributed by atoms with Crippen molar-refractivity contribution in [2.45, 2.75) is 0 Å². The Balaban J connectivity index is 0.942. The van der Waals surface area contributed by atoms with Crippen LogP contribution in [0.1, 0.15) is 0 Å². The van der Waals surface area contributed by atoms with Gasteiger partial charge in [0.1, 0.15) is 0 Å². The number of anilines is 3.